The summed E-state index contributed by atoms with van der Waals surface area (Å²) in [6.07, 6.45) is -2.73. The second-order valence-corrected chi connectivity index (χ2v) is 6.21. The van der Waals surface area contributed by atoms with Crippen LogP contribution in [-0.4, -0.2) is 16.7 Å². The van der Waals surface area contributed by atoms with Crippen LogP contribution >= 0.6 is 11.6 Å². The van der Waals surface area contributed by atoms with Gasteiger partial charge < -0.3 is 10.5 Å². The predicted molar refractivity (Wildman–Crippen MR) is 96.5 cm³/mol. The van der Waals surface area contributed by atoms with Gasteiger partial charge in [0.05, 0.1) is 34.8 Å². The molecule has 8 heteroatoms. The Hall–Kier alpha value is -2.51. The lowest BCUT2D eigenvalue weighted by molar-refractivity contribution is 0.151. The number of nitrogens with zero attached hydrogens (tertiary/aromatic N) is 2. The van der Waals surface area contributed by atoms with Crippen LogP contribution in [0.25, 0.3) is 16.6 Å². The standard InChI is InChI=1S/C18H16ClF2N3O2/c1-9(22)17-23-14-5-3-4-13(19)15(14)18(25)24(17)11-6-10(16(20)21)7-12(8-11)26-2/h3-9,16H,22H2,1-2H3/t9-/m0/s1. The van der Waals surface area contributed by atoms with E-state index in [1.54, 1.807) is 25.1 Å². The maximum atomic E-state index is 13.3. The van der Waals surface area contributed by atoms with Crippen LogP contribution in [-0.2, 0) is 0 Å². The van der Waals surface area contributed by atoms with Gasteiger partial charge in [-0.2, -0.15) is 0 Å². The third kappa shape index (κ3) is 3.15. The van der Waals surface area contributed by atoms with Gasteiger partial charge in [0.15, 0.2) is 0 Å². The highest BCUT2D eigenvalue weighted by Crippen LogP contribution is 2.28. The summed E-state index contributed by atoms with van der Waals surface area (Å²) in [7, 11) is 1.36. The van der Waals surface area contributed by atoms with Crippen LogP contribution in [0.3, 0.4) is 0 Å². The van der Waals surface area contributed by atoms with Gasteiger partial charge in [-0.15, -0.1) is 0 Å². The summed E-state index contributed by atoms with van der Waals surface area (Å²) < 4.78 is 32.8. The molecule has 136 valence electrons. The maximum absolute atomic E-state index is 13.3. The van der Waals surface area contributed by atoms with Crippen molar-refractivity contribution in [1.29, 1.82) is 0 Å². The van der Waals surface area contributed by atoms with Crippen LogP contribution in [0.2, 0.25) is 5.02 Å². The molecule has 2 N–H and O–H groups in total. The van der Waals surface area contributed by atoms with Crippen molar-refractivity contribution in [2.24, 2.45) is 5.73 Å². The molecule has 0 aliphatic heterocycles. The molecule has 0 spiro atoms. The Balaban J connectivity index is 2.43. The Morgan fingerprint density at radius 2 is 2.00 bits per heavy atom. The normalized spacial score (nSPS) is 12.6. The lowest BCUT2D eigenvalue weighted by Crippen LogP contribution is -2.27. The number of halogens is 3. The Kier molecular flexibility index (Phi) is 4.93. The Morgan fingerprint density at radius 3 is 2.62 bits per heavy atom. The zero-order valence-corrected chi connectivity index (χ0v) is 14.8. The highest BCUT2D eigenvalue weighted by Gasteiger charge is 2.19. The minimum Gasteiger partial charge on any atom is -0.497 e. The molecule has 5 nitrogen and oxygen atoms in total. The van der Waals surface area contributed by atoms with E-state index in [1.165, 1.54) is 29.9 Å². The van der Waals surface area contributed by atoms with Gasteiger partial charge in [-0.25, -0.2) is 13.8 Å². The van der Waals surface area contributed by atoms with Crippen molar-refractivity contribution in [2.75, 3.05) is 7.11 Å². The molecule has 0 radical (unpaired) electrons. The number of rotatable bonds is 4. The highest BCUT2D eigenvalue weighted by molar-refractivity contribution is 6.35. The summed E-state index contributed by atoms with van der Waals surface area (Å²) >= 11 is 6.16. The Labute approximate surface area is 153 Å². The number of ether oxygens (including phenoxy) is 1. The van der Waals surface area contributed by atoms with E-state index in [1.807, 2.05) is 0 Å². The summed E-state index contributed by atoms with van der Waals surface area (Å²) in [6, 6.07) is 8.17. The number of nitrogens with two attached hydrogens (primary N) is 1. The molecule has 3 rings (SSSR count). The first kappa shape index (κ1) is 18.3. The highest BCUT2D eigenvalue weighted by atomic mass is 35.5. The molecule has 0 aliphatic carbocycles. The summed E-state index contributed by atoms with van der Waals surface area (Å²) in [6.45, 7) is 1.66. The number of fused-ring (bicyclic) bond motifs is 1. The van der Waals surface area contributed by atoms with Gasteiger partial charge in [0.2, 0.25) is 0 Å². The van der Waals surface area contributed by atoms with Crippen LogP contribution in [0.4, 0.5) is 8.78 Å². The third-order valence-electron chi connectivity index (χ3n) is 3.94. The van der Waals surface area contributed by atoms with Crippen molar-refractivity contribution >= 4 is 22.5 Å². The third-order valence-corrected chi connectivity index (χ3v) is 4.25. The van der Waals surface area contributed by atoms with Crippen molar-refractivity contribution < 1.29 is 13.5 Å². The maximum Gasteiger partial charge on any atom is 0.267 e. The molecule has 1 atom stereocenters. The van der Waals surface area contributed by atoms with Crippen molar-refractivity contribution in [3.8, 4) is 11.4 Å². The molecular weight excluding hydrogens is 364 g/mol. The lowest BCUT2D eigenvalue weighted by atomic mass is 10.1. The fraction of sp³-hybridized carbons (Fsp3) is 0.222. The summed E-state index contributed by atoms with van der Waals surface area (Å²) in [5, 5.41) is 0.418. The molecule has 0 aliphatic rings. The fourth-order valence-corrected chi connectivity index (χ4v) is 2.99. The minimum absolute atomic E-state index is 0.186. The zero-order chi connectivity index (χ0) is 19.0. The Bertz CT molecular complexity index is 1030. The molecule has 0 amide bonds. The summed E-state index contributed by atoms with van der Waals surface area (Å²) in [4.78, 5) is 17.5. The smallest absolute Gasteiger partial charge is 0.267 e. The van der Waals surface area contributed by atoms with Gasteiger partial charge in [0.1, 0.15) is 11.6 Å². The van der Waals surface area contributed by atoms with E-state index in [0.717, 1.165) is 0 Å². The first-order chi connectivity index (χ1) is 12.3. The summed E-state index contributed by atoms with van der Waals surface area (Å²) in [5.41, 5.74) is 5.80. The van der Waals surface area contributed by atoms with Crippen LogP contribution in [0, 0.1) is 0 Å². The van der Waals surface area contributed by atoms with Crippen LogP contribution in [0.15, 0.2) is 41.2 Å². The van der Waals surface area contributed by atoms with Crippen molar-refractivity contribution in [2.45, 2.75) is 19.4 Å². The number of benzene rings is 2. The van der Waals surface area contributed by atoms with E-state index in [9.17, 15) is 13.6 Å². The van der Waals surface area contributed by atoms with Gasteiger partial charge in [-0.05, 0) is 31.2 Å². The van der Waals surface area contributed by atoms with E-state index >= 15 is 0 Å². The molecule has 0 saturated carbocycles. The van der Waals surface area contributed by atoms with Gasteiger partial charge in [-0.1, -0.05) is 17.7 Å². The van der Waals surface area contributed by atoms with E-state index in [2.05, 4.69) is 4.98 Å². The Morgan fingerprint density at radius 1 is 1.27 bits per heavy atom. The largest absolute Gasteiger partial charge is 0.497 e. The summed E-state index contributed by atoms with van der Waals surface area (Å²) in [5.74, 6) is 0.429. The molecule has 26 heavy (non-hydrogen) atoms. The predicted octanol–water partition coefficient (Wildman–Crippen LogP) is 4.01. The molecule has 0 fully saturated rings. The molecule has 2 aromatic carbocycles. The number of aromatic nitrogens is 2. The molecule has 0 unspecified atom stereocenters. The quantitative estimate of drug-likeness (QED) is 0.743. The second kappa shape index (κ2) is 7.01. The zero-order valence-electron chi connectivity index (χ0n) is 14.0. The SMILES string of the molecule is COc1cc(C(F)F)cc(-n2c([C@H](C)N)nc3cccc(Cl)c3c2=O)c1. The first-order valence-corrected chi connectivity index (χ1v) is 8.15. The topological polar surface area (TPSA) is 70.1 Å². The van der Waals surface area contributed by atoms with Crippen molar-refractivity contribution in [1.82, 2.24) is 9.55 Å². The van der Waals surface area contributed by atoms with E-state index in [0.29, 0.717) is 5.52 Å². The van der Waals surface area contributed by atoms with E-state index in [-0.39, 0.29) is 33.2 Å². The van der Waals surface area contributed by atoms with Gasteiger partial charge in [0, 0.05) is 11.6 Å². The van der Waals surface area contributed by atoms with Crippen LogP contribution in [0.1, 0.15) is 30.8 Å². The lowest BCUT2D eigenvalue weighted by Gasteiger charge is -2.18. The average molecular weight is 380 g/mol. The number of alkyl halides is 2. The molecule has 0 saturated heterocycles. The number of hydrogen-bond donors (Lipinski definition) is 1. The van der Waals surface area contributed by atoms with Crippen LogP contribution in [0.5, 0.6) is 5.75 Å². The van der Waals surface area contributed by atoms with Crippen LogP contribution < -0.4 is 16.0 Å². The molecule has 1 aromatic heterocycles. The first-order valence-electron chi connectivity index (χ1n) is 7.77. The molecule has 0 bridgehead atoms. The molecular formula is C18H16ClF2N3O2. The molecule has 1 heterocycles. The minimum atomic E-state index is -2.73. The van der Waals surface area contributed by atoms with Crippen molar-refractivity contribution in [3.05, 3.63) is 63.2 Å². The number of methoxy groups -OCH3 is 1. The monoisotopic (exact) mass is 379 g/mol. The van der Waals surface area contributed by atoms with Gasteiger partial charge >= 0.3 is 0 Å². The fourth-order valence-electron chi connectivity index (χ4n) is 2.74. The number of hydrogen-bond acceptors (Lipinski definition) is 4. The van der Waals surface area contributed by atoms with Crippen molar-refractivity contribution in [3.63, 3.8) is 0 Å². The average Bonchev–Trinajstić information content (AvgIpc) is 2.60. The second-order valence-electron chi connectivity index (χ2n) is 5.80. The molecule has 3 aromatic rings. The van der Waals surface area contributed by atoms with E-state index < -0.39 is 18.0 Å². The van der Waals surface area contributed by atoms with Gasteiger partial charge in [0.25, 0.3) is 12.0 Å². The van der Waals surface area contributed by atoms with E-state index in [4.69, 9.17) is 22.1 Å². The van der Waals surface area contributed by atoms with Gasteiger partial charge in [-0.3, -0.25) is 9.36 Å².